The Kier molecular flexibility index (Phi) is 3.80. The zero-order valence-electron chi connectivity index (χ0n) is 15.4. The number of aromatic amines is 1. The second kappa shape index (κ2) is 6.49. The molecule has 6 N–H and O–H groups in total. The summed E-state index contributed by atoms with van der Waals surface area (Å²) in [6, 6.07) is 17.7. The van der Waals surface area contributed by atoms with Gasteiger partial charge in [0.05, 0.1) is 11.1 Å². The van der Waals surface area contributed by atoms with E-state index in [0.29, 0.717) is 23.4 Å². The van der Waals surface area contributed by atoms with Crippen molar-refractivity contribution in [1.82, 2.24) is 20.3 Å². The van der Waals surface area contributed by atoms with Crippen molar-refractivity contribution in [2.45, 2.75) is 6.54 Å². The third-order valence-electron chi connectivity index (χ3n) is 5.08. The number of hydrogen-bond donors (Lipinski definition) is 4. The van der Waals surface area contributed by atoms with Crippen molar-refractivity contribution in [1.29, 1.82) is 0 Å². The van der Waals surface area contributed by atoms with Gasteiger partial charge in [0.2, 0.25) is 5.95 Å². The summed E-state index contributed by atoms with van der Waals surface area (Å²) in [5, 5.41) is 6.79. The van der Waals surface area contributed by atoms with Gasteiger partial charge < -0.3 is 21.8 Å². The molecule has 0 radical (unpaired) electrons. The lowest BCUT2D eigenvalue weighted by Crippen LogP contribution is -2.22. The maximum absolute atomic E-state index is 12.9. The third-order valence-corrected chi connectivity index (χ3v) is 5.08. The Morgan fingerprint density at radius 3 is 2.76 bits per heavy atom. The Bertz CT molecular complexity index is 1410. The van der Waals surface area contributed by atoms with Crippen molar-refractivity contribution in [2.75, 3.05) is 11.5 Å². The van der Waals surface area contributed by atoms with Gasteiger partial charge in [-0.25, -0.2) is 4.98 Å². The standard InChI is InChI=1S/C22H18N6O/c23-20-15-7-5-12(9-18(15)27-22(24)28-20)10-26-21(29)16-11-25-17-8-6-13-3-1-2-4-14(13)19(16)17/h1-9,11,25H,10H2,(H,26,29)(H4,23,24,27,28). The fraction of sp³-hybridized carbons (Fsp3) is 0.0455. The molecule has 7 nitrogen and oxygen atoms in total. The Labute approximate surface area is 165 Å². The Balaban J connectivity index is 1.45. The average Bonchev–Trinajstić information content (AvgIpc) is 3.16. The minimum absolute atomic E-state index is 0.127. The van der Waals surface area contributed by atoms with Gasteiger partial charge in [-0.3, -0.25) is 4.79 Å². The lowest BCUT2D eigenvalue weighted by Gasteiger charge is -2.08. The molecule has 142 valence electrons. The Morgan fingerprint density at radius 1 is 1.00 bits per heavy atom. The van der Waals surface area contributed by atoms with Crippen molar-refractivity contribution in [3.8, 4) is 0 Å². The van der Waals surface area contributed by atoms with Gasteiger partial charge in [0.1, 0.15) is 5.82 Å². The number of nitrogens with zero attached hydrogens (tertiary/aromatic N) is 2. The monoisotopic (exact) mass is 382 g/mol. The molecular formula is C22H18N6O. The molecule has 0 aliphatic carbocycles. The summed E-state index contributed by atoms with van der Waals surface area (Å²) in [5.41, 5.74) is 14.7. The third kappa shape index (κ3) is 2.89. The number of nitrogens with one attached hydrogen (secondary N) is 2. The van der Waals surface area contributed by atoms with Crippen molar-refractivity contribution < 1.29 is 4.79 Å². The number of nitrogen functional groups attached to an aromatic ring is 2. The van der Waals surface area contributed by atoms with E-state index >= 15 is 0 Å². The van der Waals surface area contributed by atoms with Gasteiger partial charge in [-0.2, -0.15) is 4.98 Å². The first-order valence-electron chi connectivity index (χ1n) is 9.19. The molecule has 0 fully saturated rings. The maximum Gasteiger partial charge on any atom is 0.253 e. The van der Waals surface area contributed by atoms with Crippen LogP contribution in [0.2, 0.25) is 0 Å². The van der Waals surface area contributed by atoms with Crippen molar-refractivity contribution in [3.63, 3.8) is 0 Å². The number of hydrogen-bond acceptors (Lipinski definition) is 5. The van der Waals surface area contributed by atoms with Crippen LogP contribution in [0.4, 0.5) is 11.8 Å². The molecule has 0 saturated carbocycles. The van der Waals surface area contributed by atoms with Gasteiger partial charge in [-0.1, -0.05) is 36.4 Å². The number of rotatable bonds is 3. The van der Waals surface area contributed by atoms with Gasteiger partial charge in [-0.15, -0.1) is 0 Å². The second-order valence-corrected chi connectivity index (χ2v) is 6.91. The zero-order chi connectivity index (χ0) is 20.0. The molecule has 5 aromatic rings. The van der Waals surface area contributed by atoms with E-state index in [1.54, 1.807) is 6.20 Å². The molecule has 2 aromatic heterocycles. The van der Waals surface area contributed by atoms with Crippen LogP contribution < -0.4 is 16.8 Å². The highest BCUT2D eigenvalue weighted by Gasteiger charge is 2.14. The molecule has 7 heteroatoms. The molecule has 0 spiro atoms. The van der Waals surface area contributed by atoms with Crippen LogP contribution in [0.3, 0.4) is 0 Å². The van der Waals surface area contributed by atoms with Crippen molar-refractivity contribution in [3.05, 3.63) is 71.9 Å². The number of carbonyl (C=O) groups excluding carboxylic acids is 1. The molecule has 3 aromatic carbocycles. The van der Waals surface area contributed by atoms with Gasteiger partial charge in [-0.05, 0) is 34.5 Å². The predicted octanol–water partition coefficient (Wildman–Crippen LogP) is 3.36. The Morgan fingerprint density at radius 2 is 1.86 bits per heavy atom. The van der Waals surface area contributed by atoms with E-state index in [9.17, 15) is 4.79 Å². The number of aromatic nitrogens is 3. The lowest BCUT2D eigenvalue weighted by molar-refractivity contribution is 0.0952. The topological polar surface area (TPSA) is 123 Å². The molecule has 0 bridgehead atoms. The van der Waals surface area contributed by atoms with Crippen LogP contribution in [0.25, 0.3) is 32.6 Å². The van der Waals surface area contributed by atoms with E-state index in [0.717, 1.165) is 32.6 Å². The number of carbonyl (C=O) groups is 1. The highest BCUT2D eigenvalue weighted by Crippen LogP contribution is 2.28. The summed E-state index contributed by atoms with van der Waals surface area (Å²) >= 11 is 0. The lowest BCUT2D eigenvalue weighted by atomic mass is 10.0. The molecular weight excluding hydrogens is 364 g/mol. The maximum atomic E-state index is 12.9. The fourth-order valence-corrected chi connectivity index (χ4v) is 3.69. The number of H-pyrrole nitrogens is 1. The van der Waals surface area contributed by atoms with Crippen LogP contribution in [-0.4, -0.2) is 20.9 Å². The summed E-state index contributed by atoms with van der Waals surface area (Å²) in [6.45, 7) is 0.357. The summed E-state index contributed by atoms with van der Waals surface area (Å²) in [5.74, 6) is 0.324. The second-order valence-electron chi connectivity index (χ2n) is 6.91. The van der Waals surface area contributed by atoms with Crippen LogP contribution in [-0.2, 0) is 6.54 Å². The molecule has 0 unspecified atom stereocenters. The largest absolute Gasteiger partial charge is 0.383 e. The highest BCUT2D eigenvalue weighted by molar-refractivity contribution is 6.17. The fourth-order valence-electron chi connectivity index (χ4n) is 3.69. The van der Waals surface area contributed by atoms with Gasteiger partial charge in [0.25, 0.3) is 5.91 Å². The first-order valence-corrected chi connectivity index (χ1v) is 9.19. The van der Waals surface area contributed by atoms with Crippen LogP contribution in [0.15, 0.2) is 60.8 Å². The number of anilines is 2. The number of nitrogens with two attached hydrogens (primary N) is 2. The molecule has 29 heavy (non-hydrogen) atoms. The SMILES string of the molecule is Nc1nc(N)c2ccc(CNC(=O)c3c[nH]c4ccc5ccccc5c34)cc2n1. The average molecular weight is 382 g/mol. The van der Waals surface area contributed by atoms with Crippen LogP contribution >= 0.6 is 0 Å². The Hall–Kier alpha value is -4.13. The van der Waals surface area contributed by atoms with E-state index in [4.69, 9.17) is 11.5 Å². The smallest absolute Gasteiger partial charge is 0.253 e. The number of amides is 1. The number of benzene rings is 3. The summed E-state index contributed by atoms with van der Waals surface area (Å²) in [7, 11) is 0. The predicted molar refractivity (Wildman–Crippen MR) is 115 cm³/mol. The van der Waals surface area contributed by atoms with E-state index in [-0.39, 0.29) is 11.9 Å². The molecule has 0 atom stereocenters. The van der Waals surface area contributed by atoms with E-state index < -0.39 is 0 Å². The quantitative estimate of drug-likeness (QED) is 0.381. The summed E-state index contributed by atoms with van der Waals surface area (Å²) < 4.78 is 0. The van der Waals surface area contributed by atoms with Crippen molar-refractivity contribution in [2.24, 2.45) is 0 Å². The van der Waals surface area contributed by atoms with Crippen LogP contribution in [0.5, 0.6) is 0 Å². The van der Waals surface area contributed by atoms with E-state index in [1.807, 2.05) is 54.6 Å². The van der Waals surface area contributed by atoms with Gasteiger partial charge in [0.15, 0.2) is 0 Å². The van der Waals surface area contributed by atoms with Gasteiger partial charge >= 0.3 is 0 Å². The minimum atomic E-state index is -0.144. The normalized spacial score (nSPS) is 11.3. The zero-order valence-corrected chi connectivity index (χ0v) is 15.4. The van der Waals surface area contributed by atoms with Crippen LogP contribution in [0, 0.1) is 0 Å². The molecule has 1 amide bonds. The van der Waals surface area contributed by atoms with E-state index in [2.05, 4.69) is 20.3 Å². The molecule has 0 saturated heterocycles. The summed E-state index contributed by atoms with van der Waals surface area (Å²) in [6.07, 6.45) is 1.75. The minimum Gasteiger partial charge on any atom is -0.383 e. The number of fused-ring (bicyclic) bond motifs is 4. The van der Waals surface area contributed by atoms with Gasteiger partial charge in [0, 0.05) is 29.0 Å². The van der Waals surface area contributed by atoms with Crippen molar-refractivity contribution >= 4 is 50.3 Å². The molecule has 5 rings (SSSR count). The molecule has 2 heterocycles. The first kappa shape index (κ1) is 17.0. The van der Waals surface area contributed by atoms with E-state index in [1.165, 1.54) is 0 Å². The summed E-state index contributed by atoms with van der Waals surface area (Å²) in [4.78, 5) is 24.3. The highest BCUT2D eigenvalue weighted by atomic mass is 16.1. The van der Waals surface area contributed by atoms with Crippen LogP contribution in [0.1, 0.15) is 15.9 Å². The molecule has 0 aliphatic heterocycles. The molecule has 0 aliphatic rings. The first-order chi connectivity index (χ1) is 14.1.